The summed E-state index contributed by atoms with van der Waals surface area (Å²) in [6.07, 6.45) is 0. The highest BCUT2D eigenvalue weighted by Gasteiger charge is 2.03. The van der Waals surface area contributed by atoms with Gasteiger partial charge in [-0.1, -0.05) is 23.4 Å². The number of hydrogen-bond donors (Lipinski definition) is 0. The zero-order valence-corrected chi connectivity index (χ0v) is 7.61. The first-order valence-electron chi connectivity index (χ1n) is 3.87. The molecule has 3 nitrogen and oxygen atoms in total. The van der Waals surface area contributed by atoms with Gasteiger partial charge < -0.3 is 4.84 Å². The molecule has 0 heterocycles. The maximum absolute atomic E-state index is 8.79. The lowest BCUT2D eigenvalue weighted by Crippen LogP contribution is -1.98. The fourth-order valence-corrected chi connectivity index (χ4v) is 1.08. The molecule has 0 saturated carbocycles. The minimum atomic E-state index is 0.612. The molecule has 0 spiro atoms. The lowest BCUT2D eigenvalue weighted by molar-refractivity contribution is 0.213. The minimum Gasteiger partial charge on any atom is -0.399 e. The van der Waals surface area contributed by atoms with Crippen LogP contribution in [0.5, 0.6) is 0 Å². The highest BCUT2D eigenvalue weighted by molar-refractivity contribution is 6.00. The summed E-state index contributed by atoms with van der Waals surface area (Å²) in [5, 5.41) is 12.6. The van der Waals surface area contributed by atoms with Gasteiger partial charge in [0, 0.05) is 5.56 Å². The van der Waals surface area contributed by atoms with Crippen molar-refractivity contribution in [3.05, 3.63) is 35.4 Å². The van der Waals surface area contributed by atoms with Gasteiger partial charge in [0.15, 0.2) is 0 Å². The molecule has 0 amide bonds. The molecule has 0 bridgehead atoms. The van der Waals surface area contributed by atoms with Crippen LogP contribution >= 0.6 is 0 Å². The number of hydrogen-bond acceptors (Lipinski definition) is 3. The maximum atomic E-state index is 8.79. The Balaban J connectivity index is 3.15. The van der Waals surface area contributed by atoms with Crippen molar-refractivity contribution < 1.29 is 4.84 Å². The van der Waals surface area contributed by atoms with E-state index in [0.29, 0.717) is 11.3 Å². The van der Waals surface area contributed by atoms with Gasteiger partial charge in [-0.3, -0.25) is 0 Å². The third kappa shape index (κ3) is 2.06. The molecule has 1 aromatic carbocycles. The predicted octanol–water partition coefficient (Wildman–Crippen LogP) is 1.93. The summed E-state index contributed by atoms with van der Waals surface area (Å²) in [6.45, 7) is 1.81. The molecule has 0 aromatic heterocycles. The molecule has 0 aliphatic carbocycles. The minimum absolute atomic E-state index is 0.612. The van der Waals surface area contributed by atoms with Gasteiger partial charge in [-0.25, -0.2) is 0 Å². The second kappa shape index (κ2) is 4.27. The van der Waals surface area contributed by atoms with E-state index in [1.54, 1.807) is 13.0 Å². The highest BCUT2D eigenvalue weighted by atomic mass is 16.6. The van der Waals surface area contributed by atoms with Gasteiger partial charge in [0.1, 0.15) is 7.11 Å². The van der Waals surface area contributed by atoms with Crippen LogP contribution in [0.2, 0.25) is 0 Å². The third-order valence-corrected chi connectivity index (χ3v) is 1.67. The van der Waals surface area contributed by atoms with Crippen LogP contribution in [0, 0.1) is 11.3 Å². The van der Waals surface area contributed by atoms with E-state index in [-0.39, 0.29) is 0 Å². The van der Waals surface area contributed by atoms with Gasteiger partial charge in [-0.15, -0.1) is 0 Å². The molecule has 1 aromatic rings. The standard InChI is InChI=1S/C10H10N2O/c1-8(12-13-2)10-6-4-3-5-9(10)7-11/h3-6H,1-2H3/b12-8+. The first-order chi connectivity index (χ1) is 6.29. The molecule has 0 N–H and O–H groups in total. The highest BCUT2D eigenvalue weighted by Crippen LogP contribution is 2.08. The summed E-state index contributed by atoms with van der Waals surface area (Å²) >= 11 is 0. The molecule has 0 fully saturated rings. The number of oxime groups is 1. The monoisotopic (exact) mass is 174 g/mol. The number of rotatable bonds is 2. The Kier molecular flexibility index (Phi) is 3.04. The number of benzene rings is 1. The van der Waals surface area contributed by atoms with Gasteiger partial charge in [-0.05, 0) is 13.0 Å². The van der Waals surface area contributed by atoms with Crippen molar-refractivity contribution in [2.24, 2.45) is 5.16 Å². The van der Waals surface area contributed by atoms with E-state index in [2.05, 4.69) is 16.1 Å². The Bertz CT molecular complexity index is 363. The van der Waals surface area contributed by atoms with E-state index >= 15 is 0 Å². The first kappa shape index (κ1) is 9.27. The van der Waals surface area contributed by atoms with Crippen LogP contribution in [0.1, 0.15) is 18.1 Å². The molecular formula is C10H10N2O. The zero-order valence-electron chi connectivity index (χ0n) is 7.61. The molecule has 66 valence electrons. The van der Waals surface area contributed by atoms with Crippen molar-refractivity contribution in [2.45, 2.75) is 6.92 Å². The molecule has 3 heteroatoms. The average molecular weight is 174 g/mol. The van der Waals surface area contributed by atoms with Gasteiger partial charge in [0.25, 0.3) is 0 Å². The Morgan fingerprint density at radius 3 is 2.77 bits per heavy atom. The Labute approximate surface area is 77.2 Å². The summed E-state index contributed by atoms with van der Waals surface area (Å²) in [5.41, 5.74) is 2.13. The van der Waals surface area contributed by atoms with Crippen molar-refractivity contribution in [1.29, 1.82) is 5.26 Å². The lowest BCUT2D eigenvalue weighted by Gasteiger charge is -2.00. The van der Waals surface area contributed by atoms with Crippen LogP contribution < -0.4 is 0 Å². The maximum Gasteiger partial charge on any atom is 0.106 e. The third-order valence-electron chi connectivity index (χ3n) is 1.67. The summed E-state index contributed by atoms with van der Waals surface area (Å²) in [6, 6.07) is 9.38. The smallest absolute Gasteiger partial charge is 0.106 e. The second-order valence-corrected chi connectivity index (χ2v) is 2.52. The fourth-order valence-electron chi connectivity index (χ4n) is 1.08. The Morgan fingerprint density at radius 2 is 2.15 bits per heavy atom. The second-order valence-electron chi connectivity index (χ2n) is 2.52. The Morgan fingerprint density at radius 1 is 1.46 bits per heavy atom. The molecular weight excluding hydrogens is 164 g/mol. The van der Waals surface area contributed by atoms with Crippen molar-refractivity contribution >= 4 is 5.71 Å². The lowest BCUT2D eigenvalue weighted by atomic mass is 10.1. The topological polar surface area (TPSA) is 45.4 Å². The van der Waals surface area contributed by atoms with Crippen LogP contribution in [0.25, 0.3) is 0 Å². The molecule has 1 rings (SSSR count). The van der Waals surface area contributed by atoms with E-state index in [1.165, 1.54) is 7.11 Å². The molecule has 0 aliphatic rings. The average Bonchev–Trinajstić information content (AvgIpc) is 2.18. The number of nitriles is 1. The summed E-state index contributed by atoms with van der Waals surface area (Å²) < 4.78 is 0. The SMILES string of the molecule is CO/N=C(\C)c1ccccc1C#N. The molecule has 13 heavy (non-hydrogen) atoms. The van der Waals surface area contributed by atoms with Crippen molar-refractivity contribution in [1.82, 2.24) is 0 Å². The van der Waals surface area contributed by atoms with Gasteiger partial charge in [-0.2, -0.15) is 5.26 Å². The van der Waals surface area contributed by atoms with E-state index < -0.39 is 0 Å². The van der Waals surface area contributed by atoms with Crippen molar-refractivity contribution in [3.8, 4) is 6.07 Å². The molecule has 0 unspecified atom stereocenters. The predicted molar refractivity (Wildman–Crippen MR) is 50.4 cm³/mol. The quantitative estimate of drug-likeness (QED) is 0.508. The zero-order chi connectivity index (χ0) is 9.68. The molecule has 0 saturated heterocycles. The Hall–Kier alpha value is -1.82. The fraction of sp³-hybridized carbons (Fsp3) is 0.200. The van der Waals surface area contributed by atoms with Crippen LogP contribution in [0.4, 0.5) is 0 Å². The molecule has 0 atom stereocenters. The molecule has 0 radical (unpaired) electrons. The normalized spacial score (nSPS) is 10.7. The largest absolute Gasteiger partial charge is 0.399 e. The first-order valence-corrected chi connectivity index (χ1v) is 3.87. The molecule has 0 aliphatic heterocycles. The van der Waals surface area contributed by atoms with E-state index in [9.17, 15) is 0 Å². The van der Waals surface area contributed by atoms with Crippen LogP contribution in [-0.4, -0.2) is 12.8 Å². The van der Waals surface area contributed by atoms with E-state index in [0.717, 1.165) is 5.56 Å². The van der Waals surface area contributed by atoms with Gasteiger partial charge in [0.2, 0.25) is 0 Å². The number of nitrogens with zero attached hydrogens (tertiary/aromatic N) is 2. The van der Waals surface area contributed by atoms with Crippen LogP contribution in [0.15, 0.2) is 29.4 Å². The van der Waals surface area contributed by atoms with Crippen molar-refractivity contribution in [2.75, 3.05) is 7.11 Å². The summed E-state index contributed by atoms with van der Waals surface area (Å²) in [4.78, 5) is 4.64. The van der Waals surface area contributed by atoms with Crippen LogP contribution in [0.3, 0.4) is 0 Å². The van der Waals surface area contributed by atoms with E-state index in [1.807, 2.05) is 18.2 Å². The van der Waals surface area contributed by atoms with Crippen molar-refractivity contribution in [3.63, 3.8) is 0 Å². The summed E-state index contributed by atoms with van der Waals surface area (Å²) in [5.74, 6) is 0. The van der Waals surface area contributed by atoms with Gasteiger partial charge in [0.05, 0.1) is 17.3 Å². The van der Waals surface area contributed by atoms with E-state index in [4.69, 9.17) is 5.26 Å². The van der Waals surface area contributed by atoms with Gasteiger partial charge >= 0.3 is 0 Å². The summed E-state index contributed by atoms with van der Waals surface area (Å²) in [7, 11) is 1.48. The van der Waals surface area contributed by atoms with Crippen LogP contribution in [-0.2, 0) is 4.84 Å².